The Morgan fingerprint density at radius 2 is 1.88 bits per heavy atom. The molecule has 3 aromatic rings. The highest BCUT2D eigenvalue weighted by molar-refractivity contribution is 9.10. The molecule has 0 amide bonds. The Balaban J connectivity index is 1.54. The van der Waals surface area contributed by atoms with Crippen molar-refractivity contribution in [3.05, 3.63) is 64.5 Å². The standard InChI is InChI=1S/C20H21BrN2O3/c1-24-18-7-8-19(25-2)15(11-18)9-10-22-12-17-13-26-20(23-17)14-3-5-16(21)6-4-14/h3-8,11,13,22H,9-10,12H2,1-2H3. The van der Waals surface area contributed by atoms with Gasteiger partial charge in [0.25, 0.3) is 0 Å². The number of methoxy groups -OCH3 is 2. The van der Waals surface area contributed by atoms with Crippen LogP contribution in [0.25, 0.3) is 11.5 Å². The van der Waals surface area contributed by atoms with E-state index in [4.69, 9.17) is 13.9 Å². The van der Waals surface area contributed by atoms with Crippen LogP contribution in [0.1, 0.15) is 11.3 Å². The van der Waals surface area contributed by atoms with Crippen molar-refractivity contribution in [2.24, 2.45) is 0 Å². The summed E-state index contributed by atoms with van der Waals surface area (Å²) in [6.07, 6.45) is 2.52. The predicted molar refractivity (Wildman–Crippen MR) is 105 cm³/mol. The van der Waals surface area contributed by atoms with Gasteiger partial charge in [0.05, 0.1) is 19.9 Å². The highest BCUT2D eigenvalue weighted by atomic mass is 79.9. The van der Waals surface area contributed by atoms with Gasteiger partial charge in [0.1, 0.15) is 17.8 Å². The van der Waals surface area contributed by atoms with Crippen LogP contribution in [0.5, 0.6) is 11.5 Å². The number of nitrogens with zero attached hydrogens (tertiary/aromatic N) is 1. The van der Waals surface area contributed by atoms with Crippen LogP contribution in [-0.2, 0) is 13.0 Å². The van der Waals surface area contributed by atoms with Gasteiger partial charge in [-0.05, 0) is 61.0 Å². The van der Waals surface area contributed by atoms with Crippen LogP contribution in [0.15, 0.2) is 57.6 Å². The number of nitrogens with one attached hydrogen (secondary N) is 1. The zero-order chi connectivity index (χ0) is 18.4. The molecule has 26 heavy (non-hydrogen) atoms. The van der Waals surface area contributed by atoms with Crippen molar-refractivity contribution in [1.82, 2.24) is 10.3 Å². The molecule has 0 fully saturated rings. The first-order chi connectivity index (χ1) is 12.7. The molecule has 1 heterocycles. The SMILES string of the molecule is COc1ccc(OC)c(CCNCc2coc(-c3ccc(Br)cc3)n2)c1. The van der Waals surface area contributed by atoms with Crippen LogP contribution in [-0.4, -0.2) is 25.7 Å². The van der Waals surface area contributed by atoms with Crippen LogP contribution in [0.4, 0.5) is 0 Å². The molecule has 1 N–H and O–H groups in total. The third-order valence-electron chi connectivity index (χ3n) is 4.01. The average molecular weight is 417 g/mol. The number of aromatic nitrogens is 1. The van der Waals surface area contributed by atoms with E-state index < -0.39 is 0 Å². The Labute approximate surface area is 161 Å². The topological polar surface area (TPSA) is 56.5 Å². The second kappa shape index (κ2) is 8.87. The van der Waals surface area contributed by atoms with Gasteiger partial charge < -0.3 is 19.2 Å². The van der Waals surface area contributed by atoms with Crippen molar-refractivity contribution in [3.63, 3.8) is 0 Å². The summed E-state index contributed by atoms with van der Waals surface area (Å²) in [4.78, 5) is 4.53. The van der Waals surface area contributed by atoms with E-state index in [1.165, 1.54) is 0 Å². The number of rotatable bonds is 8. The monoisotopic (exact) mass is 416 g/mol. The highest BCUT2D eigenvalue weighted by Crippen LogP contribution is 2.24. The minimum atomic E-state index is 0.628. The zero-order valence-electron chi connectivity index (χ0n) is 14.8. The molecule has 0 aliphatic heterocycles. The lowest BCUT2D eigenvalue weighted by Crippen LogP contribution is -2.17. The van der Waals surface area contributed by atoms with Gasteiger partial charge in [0, 0.05) is 16.6 Å². The van der Waals surface area contributed by atoms with E-state index in [-0.39, 0.29) is 0 Å². The molecule has 0 radical (unpaired) electrons. The molecule has 0 saturated carbocycles. The Morgan fingerprint density at radius 3 is 2.62 bits per heavy atom. The maximum absolute atomic E-state index is 5.57. The fourth-order valence-electron chi connectivity index (χ4n) is 2.63. The lowest BCUT2D eigenvalue weighted by Gasteiger charge is -2.10. The molecular formula is C20H21BrN2O3. The van der Waals surface area contributed by atoms with Crippen LogP contribution in [0.2, 0.25) is 0 Å². The third-order valence-corrected chi connectivity index (χ3v) is 4.54. The molecule has 0 aliphatic rings. The predicted octanol–water partition coefficient (Wildman–Crippen LogP) is 4.45. The molecule has 0 bridgehead atoms. The molecule has 0 atom stereocenters. The quantitative estimate of drug-likeness (QED) is 0.549. The number of benzene rings is 2. The summed E-state index contributed by atoms with van der Waals surface area (Å²) in [5.41, 5.74) is 2.94. The van der Waals surface area contributed by atoms with Crippen molar-refractivity contribution in [2.45, 2.75) is 13.0 Å². The van der Waals surface area contributed by atoms with Crippen molar-refractivity contribution >= 4 is 15.9 Å². The maximum atomic E-state index is 5.57. The van der Waals surface area contributed by atoms with E-state index in [0.29, 0.717) is 12.4 Å². The number of hydrogen-bond donors (Lipinski definition) is 1. The van der Waals surface area contributed by atoms with Crippen molar-refractivity contribution in [3.8, 4) is 23.0 Å². The Kier molecular flexibility index (Phi) is 6.30. The zero-order valence-corrected chi connectivity index (χ0v) is 16.4. The summed E-state index contributed by atoms with van der Waals surface area (Å²) in [7, 11) is 3.34. The first-order valence-corrected chi connectivity index (χ1v) is 9.11. The molecular weight excluding hydrogens is 396 g/mol. The molecule has 136 valence electrons. The largest absolute Gasteiger partial charge is 0.497 e. The highest BCUT2D eigenvalue weighted by Gasteiger charge is 2.08. The molecule has 6 heteroatoms. The first kappa shape index (κ1) is 18.5. The van der Waals surface area contributed by atoms with Gasteiger partial charge in [-0.15, -0.1) is 0 Å². The van der Waals surface area contributed by atoms with Crippen molar-refractivity contribution in [1.29, 1.82) is 0 Å². The van der Waals surface area contributed by atoms with Crippen LogP contribution in [0, 0.1) is 0 Å². The molecule has 0 unspecified atom stereocenters. The molecule has 0 saturated heterocycles. The molecule has 2 aromatic carbocycles. The van der Waals surface area contributed by atoms with Gasteiger partial charge in [-0.3, -0.25) is 0 Å². The molecule has 0 aliphatic carbocycles. The number of oxazole rings is 1. The summed E-state index contributed by atoms with van der Waals surface area (Å²) in [5, 5.41) is 3.39. The van der Waals surface area contributed by atoms with E-state index in [1.54, 1.807) is 20.5 Å². The lowest BCUT2D eigenvalue weighted by atomic mass is 10.1. The summed E-state index contributed by atoms with van der Waals surface area (Å²) in [5.74, 6) is 2.33. The van der Waals surface area contributed by atoms with E-state index in [2.05, 4.69) is 26.2 Å². The Hall–Kier alpha value is -2.31. The second-order valence-corrected chi connectivity index (χ2v) is 6.67. The lowest BCUT2D eigenvalue weighted by molar-refractivity contribution is 0.398. The second-order valence-electron chi connectivity index (χ2n) is 5.76. The van der Waals surface area contributed by atoms with Crippen LogP contribution >= 0.6 is 15.9 Å². The van der Waals surface area contributed by atoms with E-state index >= 15 is 0 Å². The van der Waals surface area contributed by atoms with Crippen LogP contribution in [0.3, 0.4) is 0 Å². The summed E-state index contributed by atoms with van der Waals surface area (Å²) < 4.78 is 17.3. The number of halogens is 1. The maximum Gasteiger partial charge on any atom is 0.226 e. The molecule has 1 aromatic heterocycles. The fraction of sp³-hybridized carbons (Fsp3) is 0.250. The first-order valence-electron chi connectivity index (χ1n) is 8.31. The average Bonchev–Trinajstić information content (AvgIpc) is 3.14. The molecule has 3 rings (SSSR count). The molecule has 5 nitrogen and oxygen atoms in total. The summed E-state index contributed by atoms with van der Waals surface area (Å²) >= 11 is 3.43. The Bertz CT molecular complexity index is 847. The molecule has 0 spiro atoms. The van der Waals surface area contributed by atoms with Gasteiger partial charge >= 0.3 is 0 Å². The van der Waals surface area contributed by atoms with Crippen molar-refractivity contribution < 1.29 is 13.9 Å². The van der Waals surface area contributed by atoms with Crippen molar-refractivity contribution in [2.75, 3.05) is 20.8 Å². The minimum absolute atomic E-state index is 0.628. The van der Waals surface area contributed by atoms with Gasteiger partial charge in [-0.1, -0.05) is 15.9 Å². The summed E-state index contributed by atoms with van der Waals surface area (Å²) in [6, 6.07) is 13.7. The fourth-order valence-corrected chi connectivity index (χ4v) is 2.89. The normalized spacial score (nSPS) is 10.7. The number of hydrogen-bond acceptors (Lipinski definition) is 5. The number of ether oxygens (including phenoxy) is 2. The third kappa shape index (κ3) is 4.65. The minimum Gasteiger partial charge on any atom is -0.497 e. The Morgan fingerprint density at radius 1 is 1.08 bits per heavy atom. The van der Waals surface area contributed by atoms with Gasteiger partial charge in [-0.25, -0.2) is 4.98 Å². The summed E-state index contributed by atoms with van der Waals surface area (Å²) in [6.45, 7) is 1.44. The van der Waals surface area contributed by atoms with E-state index in [1.807, 2.05) is 42.5 Å². The van der Waals surface area contributed by atoms with Gasteiger partial charge in [-0.2, -0.15) is 0 Å². The van der Waals surface area contributed by atoms with Gasteiger partial charge in [0.2, 0.25) is 5.89 Å². The van der Waals surface area contributed by atoms with Crippen LogP contribution < -0.4 is 14.8 Å². The smallest absolute Gasteiger partial charge is 0.226 e. The van der Waals surface area contributed by atoms with E-state index in [9.17, 15) is 0 Å². The van der Waals surface area contributed by atoms with E-state index in [0.717, 1.165) is 45.8 Å². The van der Waals surface area contributed by atoms with Gasteiger partial charge in [0.15, 0.2) is 0 Å².